The Labute approximate surface area is 170 Å². The van der Waals surface area contributed by atoms with Crippen molar-refractivity contribution in [1.82, 2.24) is 10.1 Å². The van der Waals surface area contributed by atoms with E-state index in [4.69, 9.17) is 9.26 Å². The van der Waals surface area contributed by atoms with Crippen LogP contribution in [0.15, 0.2) is 53.1 Å². The molecule has 7 heteroatoms. The molecule has 3 aromatic rings. The van der Waals surface area contributed by atoms with Gasteiger partial charge in [-0.2, -0.15) is 4.98 Å². The zero-order valence-corrected chi connectivity index (χ0v) is 16.9. The molecule has 1 heterocycles. The van der Waals surface area contributed by atoms with E-state index in [9.17, 15) is 4.79 Å². The Kier molecular flexibility index (Phi) is 6.84. The predicted molar refractivity (Wildman–Crippen MR) is 113 cm³/mol. The van der Waals surface area contributed by atoms with Gasteiger partial charge in [0.25, 0.3) is 0 Å². The molecular weight excluding hydrogens is 368 g/mol. The monoisotopic (exact) mass is 394 g/mol. The largest absolute Gasteiger partial charge is 0.449 e. The van der Waals surface area contributed by atoms with Gasteiger partial charge in [0.1, 0.15) is 0 Å². The minimum Gasteiger partial charge on any atom is -0.449 e. The summed E-state index contributed by atoms with van der Waals surface area (Å²) in [5, 5.41) is 9.98. The molecule has 29 heavy (non-hydrogen) atoms. The van der Waals surface area contributed by atoms with Crippen LogP contribution in [0.1, 0.15) is 32.2 Å². The van der Waals surface area contributed by atoms with Gasteiger partial charge in [0.15, 0.2) is 0 Å². The Balaban J connectivity index is 1.56. The Morgan fingerprint density at radius 2 is 1.90 bits per heavy atom. The molecule has 0 aliphatic rings. The first-order valence-corrected chi connectivity index (χ1v) is 9.73. The van der Waals surface area contributed by atoms with E-state index in [1.807, 2.05) is 44.2 Å². The fraction of sp³-hybridized carbons (Fsp3) is 0.318. The van der Waals surface area contributed by atoms with Crippen LogP contribution in [0.2, 0.25) is 0 Å². The number of amides is 1. The van der Waals surface area contributed by atoms with Crippen molar-refractivity contribution in [3.05, 3.63) is 60.0 Å². The lowest BCUT2D eigenvalue weighted by Gasteiger charge is -2.10. The Hall–Kier alpha value is -3.35. The number of carbonyl (C=O) groups is 1. The van der Waals surface area contributed by atoms with Crippen molar-refractivity contribution in [3.63, 3.8) is 0 Å². The molecule has 1 amide bonds. The van der Waals surface area contributed by atoms with Crippen LogP contribution in [0, 0.1) is 5.92 Å². The van der Waals surface area contributed by atoms with Crippen molar-refractivity contribution in [2.24, 2.45) is 5.92 Å². The smallest absolute Gasteiger partial charge is 0.411 e. The van der Waals surface area contributed by atoms with Gasteiger partial charge in [-0.3, -0.25) is 5.32 Å². The molecule has 0 spiro atoms. The third kappa shape index (κ3) is 6.07. The van der Waals surface area contributed by atoms with Crippen LogP contribution in [0.4, 0.5) is 16.2 Å². The molecule has 0 saturated carbocycles. The first-order valence-electron chi connectivity index (χ1n) is 9.73. The highest BCUT2D eigenvalue weighted by atomic mass is 16.5. The van der Waals surface area contributed by atoms with Gasteiger partial charge in [-0.15, -0.1) is 0 Å². The maximum atomic E-state index is 11.8. The standard InChI is InChI=1S/C22H26N4O3/c1-4-16-8-10-17(11-9-16)21-25-20(29-26-21)13-23-18-6-5-7-19(12-18)24-22(27)28-14-15(2)3/h5-12,15,23H,4,13-14H2,1-3H3,(H,24,27). The molecule has 3 rings (SSSR count). The third-order valence-electron chi connectivity index (χ3n) is 4.19. The number of nitrogens with zero attached hydrogens (tertiary/aromatic N) is 2. The van der Waals surface area contributed by atoms with E-state index < -0.39 is 6.09 Å². The van der Waals surface area contributed by atoms with E-state index in [0.29, 0.717) is 30.6 Å². The van der Waals surface area contributed by atoms with E-state index >= 15 is 0 Å². The molecule has 1 aromatic heterocycles. The zero-order chi connectivity index (χ0) is 20.6. The Morgan fingerprint density at radius 3 is 2.62 bits per heavy atom. The summed E-state index contributed by atoms with van der Waals surface area (Å²) >= 11 is 0. The van der Waals surface area contributed by atoms with Gasteiger partial charge >= 0.3 is 6.09 Å². The van der Waals surface area contributed by atoms with Crippen LogP contribution in [0.3, 0.4) is 0 Å². The highest BCUT2D eigenvalue weighted by molar-refractivity contribution is 5.85. The molecule has 0 bridgehead atoms. The molecule has 2 aromatic carbocycles. The van der Waals surface area contributed by atoms with Crippen LogP contribution in [-0.2, 0) is 17.7 Å². The molecule has 0 aliphatic heterocycles. The van der Waals surface area contributed by atoms with E-state index in [1.54, 1.807) is 6.07 Å². The number of nitrogens with one attached hydrogen (secondary N) is 2. The summed E-state index contributed by atoms with van der Waals surface area (Å²) in [6, 6.07) is 15.5. The number of ether oxygens (including phenoxy) is 1. The summed E-state index contributed by atoms with van der Waals surface area (Å²) in [6.45, 7) is 6.85. The number of aromatic nitrogens is 2. The second-order valence-electron chi connectivity index (χ2n) is 7.11. The average molecular weight is 394 g/mol. The number of carbonyl (C=O) groups excluding carboxylic acids is 1. The van der Waals surface area contributed by atoms with Crippen LogP contribution >= 0.6 is 0 Å². The van der Waals surface area contributed by atoms with Crippen LogP contribution in [0.25, 0.3) is 11.4 Å². The summed E-state index contributed by atoms with van der Waals surface area (Å²) in [4.78, 5) is 16.2. The van der Waals surface area contributed by atoms with Crippen molar-refractivity contribution in [3.8, 4) is 11.4 Å². The minimum atomic E-state index is -0.466. The van der Waals surface area contributed by atoms with Crippen molar-refractivity contribution in [1.29, 1.82) is 0 Å². The molecule has 2 N–H and O–H groups in total. The first-order chi connectivity index (χ1) is 14.0. The molecule has 152 valence electrons. The SMILES string of the molecule is CCc1ccc(-c2noc(CNc3cccc(NC(=O)OCC(C)C)c3)n2)cc1. The second kappa shape index (κ2) is 9.73. The molecule has 0 unspecified atom stereocenters. The van der Waals surface area contributed by atoms with Crippen molar-refractivity contribution < 1.29 is 14.1 Å². The van der Waals surface area contributed by atoms with Gasteiger partial charge in [0.2, 0.25) is 11.7 Å². The van der Waals surface area contributed by atoms with E-state index in [-0.39, 0.29) is 5.92 Å². The van der Waals surface area contributed by atoms with Gasteiger partial charge in [0.05, 0.1) is 13.2 Å². The van der Waals surface area contributed by atoms with Crippen LogP contribution in [0.5, 0.6) is 0 Å². The maximum absolute atomic E-state index is 11.8. The maximum Gasteiger partial charge on any atom is 0.411 e. The third-order valence-corrected chi connectivity index (χ3v) is 4.19. The van der Waals surface area contributed by atoms with E-state index in [1.165, 1.54) is 5.56 Å². The Morgan fingerprint density at radius 1 is 1.14 bits per heavy atom. The number of hydrogen-bond donors (Lipinski definition) is 2. The zero-order valence-electron chi connectivity index (χ0n) is 16.9. The van der Waals surface area contributed by atoms with Crippen molar-refractivity contribution >= 4 is 17.5 Å². The summed E-state index contributed by atoms with van der Waals surface area (Å²) in [5.41, 5.74) is 3.65. The average Bonchev–Trinajstić information content (AvgIpc) is 3.20. The number of anilines is 2. The predicted octanol–water partition coefficient (Wildman–Crippen LogP) is 5.12. The number of aryl methyl sites for hydroxylation is 1. The normalized spacial score (nSPS) is 10.8. The summed E-state index contributed by atoms with van der Waals surface area (Å²) < 4.78 is 10.5. The fourth-order valence-electron chi connectivity index (χ4n) is 2.61. The van der Waals surface area contributed by atoms with Crippen LogP contribution < -0.4 is 10.6 Å². The summed E-state index contributed by atoms with van der Waals surface area (Å²) in [7, 11) is 0. The highest BCUT2D eigenvalue weighted by Crippen LogP contribution is 2.19. The summed E-state index contributed by atoms with van der Waals surface area (Å²) in [6.07, 6.45) is 0.525. The second-order valence-corrected chi connectivity index (χ2v) is 7.11. The first kappa shape index (κ1) is 20.4. The topological polar surface area (TPSA) is 89.3 Å². The summed E-state index contributed by atoms with van der Waals surface area (Å²) in [5.74, 6) is 1.33. The number of benzene rings is 2. The van der Waals surface area contributed by atoms with Gasteiger partial charge in [-0.25, -0.2) is 4.79 Å². The lowest BCUT2D eigenvalue weighted by molar-refractivity contribution is 0.147. The molecule has 0 fully saturated rings. The molecule has 0 aliphatic carbocycles. The fourth-order valence-corrected chi connectivity index (χ4v) is 2.61. The van der Waals surface area contributed by atoms with Crippen LogP contribution in [-0.4, -0.2) is 22.8 Å². The van der Waals surface area contributed by atoms with Gasteiger partial charge < -0.3 is 14.6 Å². The van der Waals surface area contributed by atoms with Crippen molar-refractivity contribution in [2.75, 3.05) is 17.2 Å². The minimum absolute atomic E-state index is 0.289. The number of hydrogen-bond acceptors (Lipinski definition) is 6. The Bertz CT molecular complexity index is 935. The quantitative estimate of drug-likeness (QED) is 0.551. The van der Waals surface area contributed by atoms with Gasteiger partial charge in [-0.1, -0.05) is 56.3 Å². The molecule has 0 atom stereocenters. The van der Waals surface area contributed by atoms with Gasteiger partial charge in [0, 0.05) is 16.9 Å². The highest BCUT2D eigenvalue weighted by Gasteiger charge is 2.09. The molecule has 7 nitrogen and oxygen atoms in total. The lowest BCUT2D eigenvalue weighted by Crippen LogP contribution is -2.16. The van der Waals surface area contributed by atoms with E-state index in [0.717, 1.165) is 17.7 Å². The number of rotatable bonds is 8. The lowest BCUT2D eigenvalue weighted by atomic mass is 10.1. The molecule has 0 radical (unpaired) electrons. The molecular formula is C22H26N4O3. The molecule has 0 saturated heterocycles. The van der Waals surface area contributed by atoms with Gasteiger partial charge in [-0.05, 0) is 36.1 Å². The van der Waals surface area contributed by atoms with E-state index in [2.05, 4.69) is 39.8 Å². The van der Waals surface area contributed by atoms with Crippen molar-refractivity contribution in [2.45, 2.75) is 33.7 Å².